The van der Waals surface area contributed by atoms with Gasteiger partial charge in [0.05, 0.1) is 23.9 Å². The first-order valence-corrected chi connectivity index (χ1v) is 10.6. The number of nitrogens with zero attached hydrogens (tertiary/aromatic N) is 1. The van der Waals surface area contributed by atoms with Crippen LogP contribution >= 0.6 is 23.8 Å². The van der Waals surface area contributed by atoms with E-state index in [0.717, 1.165) is 11.1 Å². The van der Waals surface area contributed by atoms with Crippen LogP contribution in [-0.4, -0.2) is 54.7 Å². The molecule has 2 aromatic rings. The fraction of sp³-hybridized carbons (Fsp3) is 0.318. The minimum Gasteiger partial charge on any atom is -0.483 e. The van der Waals surface area contributed by atoms with Crippen molar-refractivity contribution in [1.82, 2.24) is 10.2 Å². The van der Waals surface area contributed by atoms with Crippen molar-refractivity contribution in [3.8, 4) is 5.75 Å². The van der Waals surface area contributed by atoms with E-state index in [1.165, 1.54) is 0 Å². The van der Waals surface area contributed by atoms with Crippen LogP contribution in [0.15, 0.2) is 36.4 Å². The monoisotopic (exact) mass is 461 g/mol. The number of carbonyl (C=O) groups is 2. The van der Waals surface area contributed by atoms with Crippen LogP contribution in [0.4, 0.5) is 5.69 Å². The molecule has 0 atom stereocenters. The van der Waals surface area contributed by atoms with E-state index < -0.39 is 5.91 Å². The molecule has 31 heavy (non-hydrogen) atoms. The van der Waals surface area contributed by atoms with Crippen LogP contribution in [0, 0.1) is 13.8 Å². The summed E-state index contributed by atoms with van der Waals surface area (Å²) >= 11 is 11.4. The summed E-state index contributed by atoms with van der Waals surface area (Å²) in [4.78, 5) is 26.6. The number of aryl methyl sites for hydroxylation is 2. The van der Waals surface area contributed by atoms with Crippen LogP contribution in [0.25, 0.3) is 0 Å². The Kier molecular flexibility index (Phi) is 7.84. The maximum absolute atomic E-state index is 12.7. The molecule has 2 aromatic carbocycles. The SMILES string of the molecule is Cc1ccc(OCC(=O)NC(=S)Nc2cc(C(=O)N3CCOCC3)ccc2Cl)c(C)c1. The highest BCUT2D eigenvalue weighted by atomic mass is 35.5. The second kappa shape index (κ2) is 10.6. The van der Waals surface area contributed by atoms with Crippen molar-refractivity contribution in [2.24, 2.45) is 0 Å². The Morgan fingerprint density at radius 3 is 2.61 bits per heavy atom. The number of anilines is 1. The number of nitrogens with one attached hydrogen (secondary N) is 2. The Morgan fingerprint density at radius 1 is 1.16 bits per heavy atom. The van der Waals surface area contributed by atoms with Gasteiger partial charge < -0.3 is 19.7 Å². The van der Waals surface area contributed by atoms with Crippen LogP contribution in [0.5, 0.6) is 5.75 Å². The van der Waals surface area contributed by atoms with Gasteiger partial charge in [0.25, 0.3) is 11.8 Å². The molecule has 0 aliphatic carbocycles. The van der Waals surface area contributed by atoms with Crippen LogP contribution in [0.2, 0.25) is 5.02 Å². The van der Waals surface area contributed by atoms with E-state index in [-0.39, 0.29) is 17.6 Å². The number of hydrogen-bond acceptors (Lipinski definition) is 5. The number of thiocarbonyl (C=S) groups is 1. The first-order valence-electron chi connectivity index (χ1n) is 9.81. The molecule has 9 heteroatoms. The molecule has 1 fully saturated rings. The third-order valence-corrected chi connectivity index (χ3v) is 5.24. The fourth-order valence-corrected chi connectivity index (χ4v) is 3.51. The highest BCUT2D eigenvalue weighted by molar-refractivity contribution is 7.80. The molecule has 1 aliphatic rings. The van der Waals surface area contributed by atoms with E-state index in [0.29, 0.717) is 48.3 Å². The zero-order valence-corrected chi connectivity index (χ0v) is 18.9. The molecule has 0 unspecified atom stereocenters. The van der Waals surface area contributed by atoms with Crippen LogP contribution < -0.4 is 15.4 Å². The highest BCUT2D eigenvalue weighted by Gasteiger charge is 2.19. The molecule has 1 saturated heterocycles. The Labute approximate surface area is 191 Å². The van der Waals surface area contributed by atoms with Crippen molar-refractivity contribution in [2.45, 2.75) is 13.8 Å². The molecule has 1 heterocycles. The summed E-state index contributed by atoms with van der Waals surface area (Å²) in [5.41, 5.74) is 2.97. The van der Waals surface area contributed by atoms with E-state index >= 15 is 0 Å². The maximum atomic E-state index is 12.7. The molecule has 0 saturated carbocycles. The Balaban J connectivity index is 1.56. The average Bonchev–Trinajstić information content (AvgIpc) is 2.74. The van der Waals surface area contributed by atoms with Gasteiger partial charge in [-0.1, -0.05) is 29.3 Å². The lowest BCUT2D eigenvalue weighted by atomic mass is 10.1. The standard InChI is InChI=1S/C22H24ClN3O4S/c1-14-3-6-19(15(2)11-14)30-13-20(27)25-22(31)24-18-12-16(4-5-17(18)23)21(28)26-7-9-29-10-8-26/h3-6,11-12H,7-10,13H2,1-2H3,(H2,24,25,27,31). The number of carbonyl (C=O) groups excluding carboxylic acids is 2. The topological polar surface area (TPSA) is 79.9 Å². The van der Waals surface area contributed by atoms with E-state index in [2.05, 4.69) is 10.6 Å². The molecule has 164 valence electrons. The van der Waals surface area contributed by atoms with Crippen LogP contribution in [0.1, 0.15) is 21.5 Å². The molecule has 0 bridgehead atoms. The second-order valence-electron chi connectivity index (χ2n) is 7.16. The van der Waals surface area contributed by atoms with E-state index in [1.54, 1.807) is 23.1 Å². The zero-order chi connectivity index (χ0) is 22.4. The Morgan fingerprint density at radius 2 is 1.90 bits per heavy atom. The molecule has 0 spiro atoms. The van der Waals surface area contributed by atoms with Gasteiger partial charge in [0, 0.05) is 18.7 Å². The quantitative estimate of drug-likeness (QED) is 0.665. The molecule has 3 rings (SSSR count). The van der Waals surface area contributed by atoms with Crippen molar-refractivity contribution >= 4 is 46.4 Å². The summed E-state index contributed by atoms with van der Waals surface area (Å²) in [6.07, 6.45) is 0. The number of benzene rings is 2. The van der Waals surface area contributed by atoms with Gasteiger partial charge in [-0.3, -0.25) is 14.9 Å². The van der Waals surface area contributed by atoms with Gasteiger partial charge in [-0.25, -0.2) is 0 Å². The minimum atomic E-state index is -0.408. The highest BCUT2D eigenvalue weighted by Crippen LogP contribution is 2.24. The summed E-state index contributed by atoms with van der Waals surface area (Å²) in [5.74, 6) is 0.117. The first-order chi connectivity index (χ1) is 14.8. The lowest BCUT2D eigenvalue weighted by Gasteiger charge is -2.27. The van der Waals surface area contributed by atoms with Gasteiger partial charge in [0.1, 0.15) is 5.75 Å². The molecular formula is C22H24ClN3O4S. The largest absolute Gasteiger partial charge is 0.483 e. The first kappa shape index (κ1) is 23.0. The molecular weight excluding hydrogens is 438 g/mol. The van der Waals surface area contributed by atoms with Gasteiger partial charge in [-0.2, -0.15) is 0 Å². The fourth-order valence-electron chi connectivity index (χ4n) is 3.12. The number of ether oxygens (including phenoxy) is 2. The summed E-state index contributed by atoms with van der Waals surface area (Å²) in [5, 5.41) is 5.87. The van der Waals surface area contributed by atoms with Crippen LogP contribution in [0.3, 0.4) is 0 Å². The van der Waals surface area contributed by atoms with Crippen molar-refractivity contribution in [3.63, 3.8) is 0 Å². The lowest BCUT2D eigenvalue weighted by Crippen LogP contribution is -2.40. The molecule has 7 nitrogen and oxygen atoms in total. The number of hydrogen-bond donors (Lipinski definition) is 2. The van der Waals surface area contributed by atoms with E-state index in [9.17, 15) is 9.59 Å². The van der Waals surface area contributed by atoms with Gasteiger partial charge in [0.2, 0.25) is 0 Å². The van der Waals surface area contributed by atoms with Gasteiger partial charge in [-0.05, 0) is 55.9 Å². The van der Waals surface area contributed by atoms with E-state index in [1.807, 2.05) is 32.0 Å². The summed E-state index contributed by atoms with van der Waals surface area (Å²) in [6, 6.07) is 10.6. The van der Waals surface area contributed by atoms with Crippen molar-refractivity contribution < 1.29 is 19.1 Å². The predicted molar refractivity (Wildman–Crippen MR) is 124 cm³/mol. The normalized spacial score (nSPS) is 13.5. The number of morpholine rings is 1. The van der Waals surface area contributed by atoms with Crippen molar-refractivity contribution in [2.75, 3.05) is 38.2 Å². The zero-order valence-electron chi connectivity index (χ0n) is 17.4. The average molecular weight is 462 g/mol. The van der Waals surface area contributed by atoms with Gasteiger partial charge in [0.15, 0.2) is 11.7 Å². The second-order valence-corrected chi connectivity index (χ2v) is 7.97. The van der Waals surface area contributed by atoms with Crippen molar-refractivity contribution in [1.29, 1.82) is 0 Å². The molecule has 0 aromatic heterocycles. The Bertz CT molecular complexity index is 993. The Hall–Kier alpha value is -2.68. The van der Waals surface area contributed by atoms with Crippen LogP contribution in [-0.2, 0) is 9.53 Å². The summed E-state index contributed by atoms with van der Waals surface area (Å²) < 4.78 is 10.8. The smallest absolute Gasteiger partial charge is 0.264 e. The number of rotatable bonds is 5. The summed E-state index contributed by atoms with van der Waals surface area (Å²) in [6.45, 7) is 5.84. The van der Waals surface area contributed by atoms with Gasteiger partial charge in [-0.15, -0.1) is 0 Å². The van der Waals surface area contributed by atoms with E-state index in [4.69, 9.17) is 33.3 Å². The van der Waals surface area contributed by atoms with Gasteiger partial charge >= 0.3 is 0 Å². The predicted octanol–water partition coefficient (Wildman–Crippen LogP) is 3.32. The number of amides is 2. The molecule has 1 aliphatic heterocycles. The molecule has 0 radical (unpaired) electrons. The number of halogens is 1. The molecule has 2 amide bonds. The third-order valence-electron chi connectivity index (χ3n) is 4.70. The lowest BCUT2D eigenvalue weighted by molar-refractivity contribution is -0.121. The minimum absolute atomic E-state index is 0.0621. The summed E-state index contributed by atoms with van der Waals surface area (Å²) in [7, 11) is 0. The maximum Gasteiger partial charge on any atom is 0.264 e. The van der Waals surface area contributed by atoms with Crippen molar-refractivity contribution in [3.05, 3.63) is 58.1 Å². The molecule has 2 N–H and O–H groups in total. The third kappa shape index (κ3) is 6.40.